The summed E-state index contributed by atoms with van der Waals surface area (Å²) in [6.45, 7) is 1.64. The molecule has 20 heavy (non-hydrogen) atoms. The van der Waals surface area contributed by atoms with Gasteiger partial charge in [-0.25, -0.2) is 18.2 Å². The fourth-order valence-corrected chi connectivity index (χ4v) is 2.64. The molecule has 0 spiro atoms. The van der Waals surface area contributed by atoms with Crippen LogP contribution in [-0.4, -0.2) is 29.6 Å². The van der Waals surface area contributed by atoms with Crippen LogP contribution in [0.15, 0.2) is 28.9 Å². The molecule has 0 bridgehead atoms. The summed E-state index contributed by atoms with van der Waals surface area (Å²) >= 11 is 0. The second-order valence-electron chi connectivity index (χ2n) is 3.99. The normalized spacial score (nSPS) is 11.2. The van der Waals surface area contributed by atoms with Gasteiger partial charge in [-0.2, -0.15) is 0 Å². The van der Waals surface area contributed by atoms with Crippen molar-refractivity contribution in [1.82, 2.24) is 10.1 Å². The molecular weight excluding hydrogens is 286 g/mol. The lowest BCUT2D eigenvalue weighted by atomic mass is 10.3. The minimum atomic E-state index is -3.81. The number of nitrogens with zero attached hydrogens (tertiary/aromatic N) is 2. The first-order valence-corrected chi connectivity index (χ1v) is 7.13. The van der Waals surface area contributed by atoms with E-state index >= 15 is 0 Å². The summed E-state index contributed by atoms with van der Waals surface area (Å²) in [5, 5.41) is 12.5. The van der Waals surface area contributed by atoms with Gasteiger partial charge in [0.15, 0.2) is 5.69 Å². The molecule has 0 radical (unpaired) electrons. The fourth-order valence-electron chi connectivity index (χ4n) is 1.54. The third kappa shape index (κ3) is 3.32. The molecule has 2 heterocycles. The van der Waals surface area contributed by atoms with Gasteiger partial charge in [-0.15, -0.1) is 0 Å². The minimum Gasteiger partial charge on any atom is -0.476 e. The van der Waals surface area contributed by atoms with Gasteiger partial charge in [-0.05, 0) is 19.1 Å². The number of pyridine rings is 1. The van der Waals surface area contributed by atoms with Gasteiger partial charge >= 0.3 is 5.97 Å². The second-order valence-corrected chi connectivity index (χ2v) is 5.72. The van der Waals surface area contributed by atoms with Crippen molar-refractivity contribution in [2.45, 2.75) is 12.7 Å². The zero-order chi connectivity index (χ0) is 14.8. The Labute approximate surface area is 114 Å². The van der Waals surface area contributed by atoms with Gasteiger partial charge in [0.2, 0.25) is 10.0 Å². The zero-order valence-corrected chi connectivity index (χ0v) is 11.2. The number of sulfonamides is 1. The average molecular weight is 297 g/mol. The van der Waals surface area contributed by atoms with Gasteiger partial charge in [-0.3, -0.25) is 4.72 Å². The largest absolute Gasteiger partial charge is 0.476 e. The molecule has 2 rings (SSSR count). The molecule has 0 aliphatic rings. The van der Waals surface area contributed by atoms with Gasteiger partial charge < -0.3 is 9.63 Å². The smallest absolute Gasteiger partial charge is 0.356 e. The molecule has 0 aliphatic carbocycles. The van der Waals surface area contributed by atoms with Crippen LogP contribution in [0.1, 0.15) is 21.9 Å². The molecule has 0 aliphatic heterocycles. The summed E-state index contributed by atoms with van der Waals surface area (Å²) in [5.41, 5.74) is -0.233. The standard InChI is InChI=1S/C11H11N3O5S/c1-7-5-8(13-19-7)6-20(17,18)14-9-3-2-4-12-10(9)11(15)16/h2-5,14H,6H2,1H3,(H,15,16). The van der Waals surface area contributed by atoms with E-state index in [2.05, 4.69) is 14.9 Å². The van der Waals surface area contributed by atoms with E-state index in [9.17, 15) is 13.2 Å². The molecule has 0 unspecified atom stereocenters. The lowest BCUT2D eigenvalue weighted by Gasteiger charge is -2.08. The summed E-state index contributed by atoms with van der Waals surface area (Å²) in [5.74, 6) is -1.25. The summed E-state index contributed by atoms with van der Waals surface area (Å²) in [6, 6.07) is 4.24. The van der Waals surface area contributed by atoms with Crippen molar-refractivity contribution in [3.63, 3.8) is 0 Å². The predicted molar refractivity (Wildman–Crippen MR) is 68.7 cm³/mol. The SMILES string of the molecule is Cc1cc(CS(=O)(=O)Nc2cccnc2C(=O)O)no1. The van der Waals surface area contributed by atoms with Crippen LogP contribution in [0.25, 0.3) is 0 Å². The highest BCUT2D eigenvalue weighted by Gasteiger charge is 2.19. The Hall–Kier alpha value is -2.42. The Morgan fingerprint density at radius 3 is 2.85 bits per heavy atom. The Morgan fingerprint density at radius 2 is 2.25 bits per heavy atom. The Morgan fingerprint density at radius 1 is 1.50 bits per heavy atom. The van der Waals surface area contributed by atoms with Gasteiger partial charge in [-0.1, -0.05) is 5.16 Å². The van der Waals surface area contributed by atoms with E-state index in [1.807, 2.05) is 0 Å². The van der Waals surface area contributed by atoms with E-state index < -0.39 is 21.7 Å². The van der Waals surface area contributed by atoms with E-state index in [-0.39, 0.29) is 17.1 Å². The van der Waals surface area contributed by atoms with Crippen LogP contribution in [0.3, 0.4) is 0 Å². The molecule has 0 saturated carbocycles. The number of carbonyl (C=O) groups is 1. The zero-order valence-electron chi connectivity index (χ0n) is 10.4. The predicted octanol–water partition coefficient (Wildman–Crippen LogP) is 1.02. The molecule has 0 saturated heterocycles. The highest BCUT2D eigenvalue weighted by atomic mass is 32.2. The Balaban J connectivity index is 2.22. The van der Waals surface area contributed by atoms with E-state index in [1.165, 1.54) is 24.4 Å². The van der Waals surface area contributed by atoms with E-state index in [4.69, 9.17) is 9.63 Å². The molecule has 2 aromatic rings. The number of aromatic nitrogens is 2. The maximum Gasteiger partial charge on any atom is 0.356 e. The lowest BCUT2D eigenvalue weighted by Crippen LogP contribution is -2.18. The number of aromatic carboxylic acids is 1. The van der Waals surface area contributed by atoms with E-state index in [0.717, 1.165) is 0 Å². The van der Waals surface area contributed by atoms with Gasteiger partial charge in [0.1, 0.15) is 17.2 Å². The van der Waals surface area contributed by atoms with Crippen molar-refractivity contribution < 1.29 is 22.8 Å². The van der Waals surface area contributed by atoms with Crippen LogP contribution in [0, 0.1) is 6.92 Å². The first kappa shape index (κ1) is 14.0. The number of aryl methyl sites for hydroxylation is 1. The molecule has 2 N–H and O–H groups in total. The minimum absolute atomic E-state index is 0.0970. The van der Waals surface area contributed by atoms with Crippen molar-refractivity contribution in [2.24, 2.45) is 0 Å². The monoisotopic (exact) mass is 297 g/mol. The van der Waals surface area contributed by atoms with Crippen LogP contribution in [-0.2, 0) is 15.8 Å². The van der Waals surface area contributed by atoms with E-state index in [0.29, 0.717) is 5.76 Å². The summed E-state index contributed by atoms with van der Waals surface area (Å²) in [7, 11) is -3.81. The van der Waals surface area contributed by atoms with Crippen LogP contribution >= 0.6 is 0 Å². The van der Waals surface area contributed by atoms with Crippen LogP contribution in [0.5, 0.6) is 0 Å². The van der Waals surface area contributed by atoms with Crippen molar-refractivity contribution >= 4 is 21.7 Å². The maximum atomic E-state index is 11.9. The molecular formula is C11H11N3O5S. The average Bonchev–Trinajstić information content (AvgIpc) is 2.73. The van der Waals surface area contributed by atoms with Crippen molar-refractivity contribution in [3.8, 4) is 0 Å². The highest BCUT2D eigenvalue weighted by molar-refractivity contribution is 7.91. The lowest BCUT2D eigenvalue weighted by molar-refractivity contribution is 0.0692. The number of nitrogens with one attached hydrogen (secondary N) is 1. The molecule has 0 fully saturated rings. The molecule has 2 aromatic heterocycles. The van der Waals surface area contributed by atoms with E-state index in [1.54, 1.807) is 6.92 Å². The molecule has 8 nitrogen and oxygen atoms in total. The summed E-state index contributed by atoms with van der Waals surface area (Å²) in [4.78, 5) is 14.6. The summed E-state index contributed by atoms with van der Waals surface area (Å²) in [6.07, 6.45) is 1.27. The molecule has 0 atom stereocenters. The van der Waals surface area contributed by atoms with Crippen LogP contribution < -0.4 is 4.72 Å². The number of hydrogen-bond donors (Lipinski definition) is 2. The molecule has 106 valence electrons. The van der Waals surface area contributed by atoms with Gasteiger partial charge in [0.05, 0.1) is 5.69 Å². The van der Waals surface area contributed by atoms with Crippen molar-refractivity contribution in [3.05, 3.63) is 41.5 Å². The first-order valence-electron chi connectivity index (χ1n) is 5.48. The van der Waals surface area contributed by atoms with Crippen molar-refractivity contribution in [1.29, 1.82) is 0 Å². The third-order valence-electron chi connectivity index (χ3n) is 2.29. The number of carboxylic acids is 1. The molecule has 0 amide bonds. The molecule has 0 aromatic carbocycles. The Bertz CT molecular complexity index is 738. The molecule has 9 heteroatoms. The number of carboxylic acid groups (broad SMARTS) is 1. The number of hydrogen-bond acceptors (Lipinski definition) is 6. The summed E-state index contributed by atoms with van der Waals surface area (Å²) < 4.78 is 30.8. The second kappa shape index (κ2) is 5.29. The maximum absolute atomic E-state index is 11.9. The number of rotatable bonds is 5. The van der Waals surface area contributed by atoms with Gasteiger partial charge in [0.25, 0.3) is 0 Å². The van der Waals surface area contributed by atoms with Crippen molar-refractivity contribution in [2.75, 3.05) is 4.72 Å². The highest BCUT2D eigenvalue weighted by Crippen LogP contribution is 2.16. The fraction of sp³-hybridized carbons (Fsp3) is 0.182. The number of anilines is 1. The quantitative estimate of drug-likeness (QED) is 0.844. The third-order valence-corrected chi connectivity index (χ3v) is 3.50. The first-order chi connectivity index (χ1) is 9.37. The topological polar surface area (TPSA) is 122 Å². The van der Waals surface area contributed by atoms with Crippen LogP contribution in [0.2, 0.25) is 0 Å². The Kier molecular flexibility index (Phi) is 3.70. The van der Waals surface area contributed by atoms with Gasteiger partial charge in [0, 0.05) is 12.3 Å². The van der Waals surface area contributed by atoms with Crippen LogP contribution in [0.4, 0.5) is 5.69 Å².